The molecule has 0 saturated carbocycles. The molecule has 0 fully saturated rings. The molecule has 5 rings (SSSR count). The third-order valence-electron chi connectivity index (χ3n) is 6.24. The first-order chi connectivity index (χ1) is 17.7. The largest absolute Gasteiger partial charge is 0.480 e. The minimum atomic E-state index is -0.522. The first-order valence-electron chi connectivity index (χ1n) is 11.5. The molecule has 1 unspecified atom stereocenters. The minimum Gasteiger partial charge on any atom is -0.480 e. The van der Waals surface area contributed by atoms with Gasteiger partial charge in [-0.05, 0) is 43.7 Å². The van der Waals surface area contributed by atoms with E-state index in [1.165, 1.54) is 20.4 Å². The number of pyridine rings is 1. The fraction of sp³-hybridized carbons (Fsp3) is 0.231. The summed E-state index contributed by atoms with van der Waals surface area (Å²) in [4.78, 5) is 28.5. The van der Waals surface area contributed by atoms with Crippen LogP contribution in [-0.4, -0.2) is 39.6 Å². The molecule has 190 valence electrons. The summed E-state index contributed by atoms with van der Waals surface area (Å²) in [6, 6.07) is 10.3. The van der Waals surface area contributed by atoms with Gasteiger partial charge in [-0.1, -0.05) is 35.3 Å². The van der Waals surface area contributed by atoms with Crippen LogP contribution in [0.2, 0.25) is 10.0 Å². The van der Waals surface area contributed by atoms with Gasteiger partial charge in [-0.3, -0.25) is 9.69 Å². The normalized spacial score (nSPS) is 14.8. The fourth-order valence-corrected chi connectivity index (χ4v) is 5.06. The number of nitrogens with two attached hydrogens (primary N) is 1. The summed E-state index contributed by atoms with van der Waals surface area (Å²) in [5.74, 6) is 0.469. The number of amides is 1. The topological polar surface area (TPSA) is 108 Å². The third-order valence-corrected chi connectivity index (χ3v) is 6.70. The standard InChI is InChI=1S/C26H24Cl2N6O3/c1-13(2)33-19(18-12-31-26(29)32-23(18)36-3)10-17-22(33)21(14-5-7-15(27)8-6-14)34(25(17)35)20-9-16(28)11-30-24(20)37-4/h5-13,21H,1-4H3,(H2,29,31,32). The van der Waals surface area contributed by atoms with Crippen LogP contribution in [0.15, 0.2) is 48.8 Å². The number of hydrogen-bond acceptors (Lipinski definition) is 7. The van der Waals surface area contributed by atoms with Crippen LogP contribution in [0.3, 0.4) is 0 Å². The predicted molar refractivity (Wildman–Crippen MR) is 143 cm³/mol. The first-order valence-corrected chi connectivity index (χ1v) is 12.2. The van der Waals surface area contributed by atoms with Crippen LogP contribution in [0.1, 0.15) is 47.5 Å². The van der Waals surface area contributed by atoms with E-state index in [1.54, 1.807) is 29.3 Å². The second-order valence-electron chi connectivity index (χ2n) is 8.75. The highest BCUT2D eigenvalue weighted by molar-refractivity contribution is 6.31. The van der Waals surface area contributed by atoms with Crippen LogP contribution >= 0.6 is 23.2 Å². The summed E-state index contributed by atoms with van der Waals surface area (Å²) in [5.41, 5.74) is 9.77. The number of ether oxygens (including phenoxy) is 2. The van der Waals surface area contributed by atoms with E-state index < -0.39 is 6.04 Å². The number of carbonyl (C=O) groups is 1. The van der Waals surface area contributed by atoms with E-state index in [1.807, 2.05) is 32.0 Å². The van der Waals surface area contributed by atoms with Crippen molar-refractivity contribution in [1.29, 1.82) is 0 Å². The van der Waals surface area contributed by atoms with E-state index >= 15 is 0 Å². The molecule has 1 aliphatic heterocycles. The van der Waals surface area contributed by atoms with Crippen molar-refractivity contribution >= 4 is 40.7 Å². The van der Waals surface area contributed by atoms with Crippen molar-refractivity contribution in [3.05, 3.63) is 75.7 Å². The quantitative estimate of drug-likeness (QED) is 0.341. The number of aromatic nitrogens is 4. The van der Waals surface area contributed by atoms with Gasteiger partial charge in [0.2, 0.25) is 17.7 Å². The predicted octanol–water partition coefficient (Wildman–Crippen LogP) is 5.58. The molecule has 4 heterocycles. The molecule has 9 nitrogen and oxygen atoms in total. The zero-order valence-corrected chi connectivity index (χ0v) is 22.1. The zero-order chi connectivity index (χ0) is 26.4. The SMILES string of the molecule is COc1nc(N)ncc1-c1cc2c(n1C(C)C)C(c1ccc(Cl)cc1)N(c1cc(Cl)cnc1OC)C2=O. The van der Waals surface area contributed by atoms with Gasteiger partial charge >= 0.3 is 0 Å². The molecule has 11 heteroatoms. The molecule has 0 saturated heterocycles. The summed E-state index contributed by atoms with van der Waals surface area (Å²) in [7, 11) is 3.02. The summed E-state index contributed by atoms with van der Waals surface area (Å²) in [6.45, 7) is 4.09. The molecule has 2 N–H and O–H groups in total. The van der Waals surface area contributed by atoms with Crippen LogP contribution in [-0.2, 0) is 0 Å². The average molecular weight is 539 g/mol. The Balaban J connectivity index is 1.80. The van der Waals surface area contributed by atoms with E-state index in [-0.39, 0.29) is 23.8 Å². The van der Waals surface area contributed by atoms with Crippen LogP contribution in [0.25, 0.3) is 11.3 Å². The van der Waals surface area contributed by atoms with Crippen molar-refractivity contribution < 1.29 is 14.3 Å². The lowest BCUT2D eigenvalue weighted by molar-refractivity contribution is 0.0992. The minimum absolute atomic E-state index is 0.0389. The van der Waals surface area contributed by atoms with Crippen molar-refractivity contribution in [3.63, 3.8) is 0 Å². The Morgan fingerprint density at radius 3 is 2.30 bits per heavy atom. The molecule has 1 aromatic carbocycles. The number of anilines is 2. The van der Waals surface area contributed by atoms with Crippen molar-refractivity contribution in [1.82, 2.24) is 19.5 Å². The van der Waals surface area contributed by atoms with Gasteiger partial charge in [0, 0.05) is 23.5 Å². The smallest absolute Gasteiger partial charge is 0.261 e. The molecule has 1 aliphatic rings. The highest BCUT2D eigenvalue weighted by atomic mass is 35.5. The van der Waals surface area contributed by atoms with Crippen LogP contribution < -0.4 is 20.1 Å². The second-order valence-corrected chi connectivity index (χ2v) is 9.63. The molecule has 0 aliphatic carbocycles. The number of rotatable bonds is 6. The van der Waals surface area contributed by atoms with E-state index in [2.05, 4.69) is 19.5 Å². The average Bonchev–Trinajstić information content (AvgIpc) is 3.39. The lowest BCUT2D eigenvalue weighted by Crippen LogP contribution is -2.30. The molecule has 0 bridgehead atoms. The number of fused-ring (bicyclic) bond motifs is 1. The van der Waals surface area contributed by atoms with Gasteiger partial charge in [-0.15, -0.1) is 0 Å². The molecule has 0 spiro atoms. The number of nitrogens with zero attached hydrogens (tertiary/aromatic N) is 5. The summed E-state index contributed by atoms with van der Waals surface area (Å²) < 4.78 is 13.1. The monoisotopic (exact) mass is 538 g/mol. The van der Waals surface area contributed by atoms with Gasteiger partial charge < -0.3 is 19.8 Å². The van der Waals surface area contributed by atoms with Crippen molar-refractivity contribution in [2.45, 2.75) is 25.9 Å². The van der Waals surface area contributed by atoms with Gasteiger partial charge in [-0.25, -0.2) is 9.97 Å². The van der Waals surface area contributed by atoms with E-state index in [0.717, 1.165) is 17.0 Å². The zero-order valence-electron chi connectivity index (χ0n) is 20.6. The molecule has 37 heavy (non-hydrogen) atoms. The van der Waals surface area contributed by atoms with Crippen molar-refractivity contribution in [2.24, 2.45) is 0 Å². The lowest BCUT2D eigenvalue weighted by atomic mass is 10.0. The van der Waals surface area contributed by atoms with E-state index in [9.17, 15) is 4.79 Å². The number of carbonyl (C=O) groups excluding carboxylic acids is 1. The lowest BCUT2D eigenvalue weighted by Gasteiger charge is -2.29. The van der Waals surface area contributed by atoms with Gasteiger partial charge in [0.1, 0.15) is 11.7 Å². The van der Waals surface area contributed by atoms with Crippen LogP contribution in [0.4, 0.5) is 11.6 Å². The molecule has 4 aromatic rings. The number of nitrogen functional groups attached to an aromatic ring is 1. The maximum Gasteiger partial charge on any atom is 0.261 e. The van der Waals surface area contributed by atoms with Gasteiger partial charge in [0.05, 0.1) is 41.8 Å². The Hall–Kier alpha value is -3.82. The summed E-state index contributed by atoms with van der Waals surface area (Å²) in [6.07, 6.45) is 3.09. The molecular formula is C26H24Cl2N6O3. The second kappa shape index (κ2) is 9.57. The van der Waals surface area contributed by atoms with E-state index in [4.69, 9.17) is 38.4 Å². The highest BCUT2D eigenvalue weighted by Crippen LogP contribution is 2.48. The Labute approximate surface area is 223 Å². The maximum atomic E-state index is 14.1. The number of methoxy groups -OCH3 is 2. The van der Waals surface area contributed by atoms with Crippen LogP contribution in [0, 0.1) is 0 Å². The molecule has 1 amide bonds. The van der Waals surface area contributed by atoms with Crippen molar-refractivity contribution in [3.8, 4) is 23.0 Å². The Morgan fingerprint density at radius 1 is 0.946 bits per heavy atom. The third kappa shape index (κ3) is 4.14. The summed E-state index contributed by atoms with van der Waals surface area (Å²) >= 11 is 12.5. The van der Waals surface area contributed by atoms with E-state index in [0.29, 0.717) is 32.7 Å². The number of hydrogen-bond donors (Lipinski definition) is 1. The van der Waals surface area contributed by atoms with Gasteiger partial charge in [0.25, 0.3) is 5.91 Å². The molecular weight excluding hydrogens is 515 g/mol. The molecule has 3 aromatic heterocycles. The maximum absolute atomic E-state index is 14.1. The van der Waals surface area contributed by atoms with Crippen molar-refractivity contribution in [2.75, 3.05) is 24.9 Å². The highest BCUT2D eigenvalue weighted by Gasteiger charge is 2.44. The van der Waals surface area contributed by atoms with Gasteiger partial charge in [-0.2, -0.15) is 4.98 Å². The molecule has 0 radical (unpaired) electrons. The molecule has 1 atom stereocenters. The fourth-order valence-electron chi connectivity index (χ4n) is 4.78. The number of benzene rings is 1. The number of halogens is 2. The van der Waals surface area contributed by atoms with Gasteiger partial charge in [0.15, 0.2) is 0 Å². The first kappa shape index (κ1) is 24.9. The Kier molecular flexibility index (Phi) is 6.43. The van der Waals surface area contributed by atoms with Crippen LogP contribution in [0.5, 0.6) is 11.8 Å². The Bertz CT molecular complexity index is 1500. The Morgan fingerprint density at radius 2 is 1.65 bits per heavy atom. The summed E-state index contributed by atoms with van der Waals surface area (Å²) in [5, 5.41) is 0.969.